The fraction of sp³-hybridized carbons (Fsp3) is 0.364. The van der Waals surface area contributed by atoms with Crippen molar-refractivity contribution < 1.29 is 19.8 Å². The number of likely N-dealkylation sites (tertiary alicyclic amines) is 1. The summed E-state index contributed by atoms with van der Waals surface area (Å²) in [7, 11) is 0. The molecule has 2 rings (SSSR count). The number of aliphatic carboxylic acids is 1. The van der Waals surface area contributed by atoms with E-state index in [1.807, 2.05) is 0 Å². The lowest BCUT2D eigenvalue weighted by atomic mass is 10.2. The molecule has 0 bridgehead atoms. The fourth-order valence-corrected chi connectivity index (χ4v) is 2.34. The van der Waals surface area contributed by atoms with Gasteiger partial charge in [0.1, 0.15) is 10.6 Å². The predicted octanol–water partition coefficient (Wildman–Crippen LogP) is 0.504. The average molecular weight is 315 g/mol. The molecule has 0 radical (unpaired) electrons. The number of carbonyl (C=O) groups excluding carboxylic acids is 1. The van der Waals surface area contributed by atoms with Crippen molar-refractivity contribution in [3.8, 4) is 0 Å². The minimum atomic E-state index is -1.10. The third kappa shape index (κ3) is 2.51. The third-order valence-electron chi connectivity index (χ3n) is 2.80. The molecule has 0 aliphatic carbocycles. The first-order valence-electron chi connectivity index (χ1n) is 5.32. The molecule has 1 aromatic heterocycles. The maximum absolute atomic E-state index is 12.2. The summed E-state index contributed by atoms with van der Waals surface area (Å²) in [4.78, 5) is 28.3. The monoisotopic (exact) mass is 314 g/mol. The Morgan fingerprint density at radius 3 is 2.83 bits per heavy atom. The second kappa shape index (κ2) is 5.03. The Labute approximate surface area is 111 Å². The van der Waals surface area contributed by atoms with Crippen LogP contribution in [0.4, 0.5) is 0 Å². The molecule has 0 spiro atoms. The van der Waals surface area contributed by atoms with Gasteiger partial charge in [-0.15, -0.1) is 0 Å². The van der Waals surface area contributed by atoms with Crippen LogP contribution in [0.15, 0.2) is 22.9 Å². The van der Waals surface area contributed by atoms with Crippen LogP contribution in [0.3, 0.4) is 0 Å². The number of carboxylic acid groups (broad SMARTS) is 1. The summed E-state index contributed by atoms with van der Waals surface area (Å²) in [6.45, 7) is 0.0374. The van der Waals surface area contributed by atoms with Crippen LogP contribution in [0, 0.1) is 0 Å². The van der Waals surface area contributed by atoms with Gasteiger partial charge < -0.3 is 15.1 Å². The van der Waals surface area contributed by atoms with Crippen molar-refractivity contribution in [1.29, 1.82) is 0 Å². The minimum absolute atomic E-state index is 0.0374. The summed E-state index contributed by atoms with van der Waals surface area (Å²) in [6, 6.07) is 2.06. The van der Waals surface area contributed by atoms with E-state index in [1.54, 1.807) is 0 Å². The largest absolute Gasteiger partial charge is 0.480 e. The molecule has 6 nitrogen and oxygen atoms in total. The number of amides is 1. The molecule has 1 aliphatic heterocycles. The van der Waals surface area contributed by atoms with E-state index in [-0.39, 0.29) is 13.0 Å². The average Bonchev–Trinajstić information content (AvgIpc) is 2.70. The Morgan fingerprint density at radius 2 is 2.22 bits per heavy atom. The molecule has 2 N–H and O–H groups in total. The molecule has 0 aromatic carbocycles. The van der Waals surface area contributed by atoms with Crippen LogP contribution in [0.25, 0.3) is 0 Å². The summed E-state index contributed by atoms with van der Waals surface area (Å²) in [5.41, 5.74) is 0.345. The van der Waals surface area contributed by atoms with Gasteiger partial charge in [-0.25, -0.2) is 9.78 Å². The number of halogens is 1. The number of hydrogen-bond donors (Lipinski definition) is 2. The number of rotatable bonds is 2. The summed E-state index contributed by atoms with van der Waals surface area (Å²) in [5, 5.41) is 18.5. The molecule has 96 valence electrons. The van der Waals surface area contributed by atoms with E-state index in [2.05, 4.69) is 20.9 Å². The number of aromatic nitrogens is 1. The lowest BCUT2D eigenvalue weighted by Crippen LogP contribution is -2.40. The predicted molar refractivity (Wildman–Crippen MR) is 65.0 cm³/mol. The van der Waals surface area contributed by atoms with Crippen LogP contribution in [0.2, 0.25) is 0 Å². The molecular weight excluding hydrogens is 304 g/mol. The van der Waals surface area contributed by atoms with Gasteiger partial charge in [0.2, 0.25) is 0 Å². The van der Waals surface area contributed by atoms with Gasteiger partial charge in [-0.3, -0.25) is 4.79 Å². The van der Waals surface area contributed by atoms with E-state index in [0.29, 0.717) is 10.2 Å². The van der Waals surface area contributed by atoms with E-state index in [1.165, 1.54) is 23.2 Å². The number of hydrogen-bond acceptors (Lipinski definition) is 4. The van der Waals surface area contributed by atoms with Gasteiger partial charge >= 0.3 is 5.97 Å². The number of carbonyl (C=O) groups is 2. The number of carboxylic acids is 1. The topological polar surface area (TPSA) is 90.7 Å². The van der Waals surface area contributed by atoms with Crippen molar-refractivity contribution in [2.45, 2.75) is 18.6 Å². The molecule has 1 fully saturated rings. The van der Waals surface area contributed by atoms with Crippen LogP contribution < -0.4 is 0 Å². The zero-order chi connectivity index (χ0) is 13.3. The van der Waals surface area contributed by atoms with Crippen LogP contribution >= 0.6 is 15.9 Å². The van der Waals surface area contributed by atoms with E-state index < -0.39 is 24.0 Å². The van der Waals surface area contributed by atoms with Gasteiger partial charge in [0.05, 0.1) is 6.10 Å². The number of β-amino-alcohol motifs (C(OH)–C–C–N with tert-alkyl or cyclic N) is 1. The minimum Gasteiger partial charge on any atom is -0.480 e. The zero-order valence-corrected chi connectivity index (χ0v) is 10.9. The van der Waals surface area contributed by atoms with E-state index >= 15 is 0 Å². The molecule has 18 heavy (non-hydrogen) atoms. The maximum Gasteiger partial charge on any atom is 0.326 e. The molecular formula is C11H11BrN2O4. The van der Waals surface area contributed by atoms with Crippen LogP contribution in [0.1, 0.15) is 16.8 Å². The molecule has 2 heterocycles. The SMILES string of the molecule is O=C(O)[C@@H]1CC(O)CN1C(=O)c1ccnc(Br)c1. The molecule has 1 aliphatic rings. The van der Waals surface area contributed by atoms with E-state index in [9.17, 15) is 14.7 Å². The second-order valence-electron chi connectivity index (χ2n) is 4.07. The molecule has 2 atom stereocenters. The summed E-state index contributed by atoms with van der Waals surface area (Å²) >= 11 is 3.15. The molecule has 1 amide bonds. The Hall–Kier alpha value is -1.47. The highest BCUT2D eigenvalue weighted by Crippen LogP contribution is 2.21. The van der Waals surface area contributed by atoms with Crippen molar-refractivity contribution in [2.24, 2.45) is 0 Å². The van der Waals surface area contributed by atoms with Crippen molar-refractivity contribution in [1.82, 2.24) is 9.88 Å². The normalized spacial score (nSPS) is 23.1. The van der Waals surface area contributed by atoms with Crippen LogP contribution in [0.5, 0.6) is 0 Å². The van der Waals surface area contributed by atoms with Gasteiger partial charge in [0.15, 0.2) is 0 Å². The summed E-state index contributed by atoms with van der Waals surface area (Å²) in [5.74, 6) is -1.52. The molecule has 1 saturated heterocycles. The number of pyridine rings is 1. The van der Waals surface area contributed by atoms with Crippen LogP contribution in [-0.4, -0.2) is 50.7 Å². The Bertz CT molecular complexity index is 494. The van der Waals surface area contributed by atoms with Crippen LogP contribution in [-0.2, 0) is 4.79 Å². The van der Waals surface area contributed by atoms with Crippen molar-refractivity contribution in [3.05, 3.63) is 28.5 Å². The first-order chi connectivity index (χ1) is 8.49. The van der Waals surface area contributed by atoms with E-state index in [0.717, 1.165) is 0 Å². The van der Waals surface area contributed by atoms with Gasteiger partial charge in [0, 0.05) is 24.7 Å². The molecule has 0 saturated carbocycles. The Kier molecular flexibility index (Phi) is 3.63. The fourth-order valence-electron chi connectivity index (χ4n) is 1.97. The lowest BCUT2D eigenvalue weighted by Gasteiger charge is -2.21. The Morgan fingerprint density at radius 1 is 1.50 bits per heavy atom. The second-order valence-corrected chi connectivity index (χ2v) is 4.88. The quantitative estimate of drug-likeness (QED) is 0.776. The molecule has 1 aromatic rings. The highest BCUT2D eigenvalue weighted by molar-refractivity contribution is 9.10. The number of nitrogens with zero attached hydrogens (tertiary/aromatic N) is 2. The Balaban J connectivity index is 2.25. The zero-order valence-electron chi connectivity index (χ0n) is 9.28. The van der Waals surface area contributed by atoms with Crippen molar-refractivity contribution >= 4 is 27.8 Å². The highest BCUT2D eigenvalue weighted by atomic mass is 79.9. The van der Waals surface area contributed by atoms with Gasteiger partial charge in [-0.2, -0.15) is 0 Å². The van der Waals surface area contributed by atoms with Gasteiger partial charge in [-0.05, 0) is 28.1 Å². The first-order valence-corrected chi connectivity index (χ1v) is 6.11. The van der Waals surface area contributed by atoms with Gasteiger partial charge in [-0.1, -0.05) is 0 Å². The smallest absolute Gasteiger partial charge is 0.326 e. The van der Waals surface area contributed by atoms with Gasteiger partial charge in [0.25, 0.3) is 5.91 Å². The summed E-state index contributed by atoms with van der Waals surface area (Å²) in [6.07, 6.45) is 0.729. The lowest BCUT2D eigenvalue weighted by molar-refractivity contribution is -0.141. The number of aliphatic hydroxyl groups excluding tert-OH is 1. The highest BCUT2D eigenvalue weighted by Gasteiger charge is 2.39. The standard InChI is InChI=1S/C11H11BrN2O4/c12-9-3-6(1-2-13-9)10(16)14-5-7(15)4-8(14)11(17)18/h1-3,7-8,15H,4-5H2,(H,17,18)/t7?,8-/m0/s1. The number of aliphatic hydroxyl groups is 1. The van der Waals surface area contributed by atoms with E-state index in [4.69, 9.17) is 5.11 Å². The molecule has 1 unspecified atom stereocenters. The van der Waals surface area contributed by atoms with Crippen molar-refractivity contribution in [3.63, 3.8) is 0 Å². The first kappa shape index (κ1) is 13.0. The maximum atomic E-state index is 12.2. The summed E-state index contributed by atoms with van der Waals surface area (Å²) < 4.78 is 0.500. The van der Waals surface area contributed by atoms with Crippen molar-refractivity contribution in [2.75, 3.05) is 6.54 Å². The molecule has 7 heteroatoms. The third-order valence-corrected chi connectivity index (χ3v) is 3.23.